The van der Waals surface area contributed by atoms with Crippen molar-refractivity contribution in [3.63, 3.8) is 0 Å². The van der Waals surface area contributed by atoms with Crippen LogP contribution in [0.3, 0.4) is 0 Å². The van der Waals surface area contributed by atoms with Crippen LogP contribution >= 0.6 is 0 Å². The molecular formula is C21H25NO4. The van der Waals surface area contributed by atoms with Crippen molar-refractivity contribution in [2.45, 2.75) is 33.2 Å². The summed E-state index contributed by atoms with van der Waals surface area (Å²) >= 11 is 0. The van der Waals surface area contributed by atoms with Crippen molar-refractivity contribution in [2.75, 3.05) is 7.11 Å². The molecule has 5 nitrogen and oxygen atoms in total. The first-order chi connectivity index (χ1) is 12.2. The van der Waals surface area contributed by atoms with Crippen LogP contribution in [0.4, 0.5) is 0 Å². The average molecular weight is 355 g/mol. The normalized spacial score (nSPS) is 12.3. The molecule has 0 bridgehead atoms. The Morgan fingerprint density at radius 3 is 2.31 bits per heavy atom. The summed E-state index contributed by atoms with van der Waals surface area (Å²) in [6.07, 6.45) is -0.0635. The molecule has 2 rings (SSSR count). The van der Waals surface area contributed by atoms with E-state index in [-0.39, 0.29) is 18.4 Å². The number of methoxy groups -OCH3 is 1. The number of carbonyl (C=O) groups excluding carboxylic acids is 1. The number of ether oxygens (including phenoxy) is 1. The van der Waals surface area contributed by atoms with Crippen LogP contribution in [0.1, 0.15) is 38.8 Å². The van der Waals surface area contributed by atoms with Gasteiger partial charge in [-0.3, -0.25) is 9.59 Å². The van der Waals surface area contributed by atoms with Gasteiger partial charge in [-0.25, -0.2) is 0 Å². The van der Waals surface area contributed by atoms with Crippen LogP contribution in [0.5, 0.6) is 5.75 Å². The third kappa shape index (κ3) is 4.63. The number of carboxylic acids is 1. The Kier molecular flexibility index (Phi) is 6.03. The summed E-state index contributed by atoms with van der Waals surface area (Å²) < 4.78 is 5.39. The van der Waals surface area contributed by atoms with Crippen molar-refractivity contribution in [1.82, 2.24) is 5.32 Å². The summed E-state index contributed by atoms with van der Waals surface area (Å²) in [5, 5.41) is 12.0. The van der Waals surface area contributed by atoms with E-state index in [0.717, 1.165) is 22.4 Å². The van der Waals surface area contributed by atoms with Gasteiger partial charge in [-0.1, -0.05) is 42.5 Å². The summed E-state index contributed by atoms with van der Waals surface area (Å²) in [6.45, 7) is 4.97. The van der Waals surface area contributed by atoms with Gasteiger partial charge in [0.05, 0.1) is 18.6 Å². The molecule has 0 aliphatic carbocycles. The van der Waals surface area contributed by atoms with Gasteiger partial charge in [0.2, 0.25) is 5.91 Å². The van der Waals surface area contributed by atoms with Crippen LogP contribution in [0.2, 0.25) is 0 Å². The number of hydrogen-bond acceptors (Lipinski definition) is 3. The van der Waals surface area contributed by atoms with E-state index in [1.807, 2.05) is 55.5 Å². The van der Waals surface area contributed by atoms with E-state index >= 15 is 0 Å². The second kappa shape index (κ2) is 8.04. The lowest BCUT2D eigenvalue weighted by molar-refractivity contribution is -0.149. The molecule has 0 heterocycles. The molecule has 26 heavy (non-hydrogen) atoms. The zero-order chi connectivity index (χ0) is 19.3. The molecule has 2 N–H and O–H groups in total. The van der Waals surface area contributed by atoms with Gasteiger partial charge >= 0.3 is 5.97 Å². The van der Waals surface area contributed by atoms with E-state index in [1.165, 1.54) is 0 Å². The molecule has 0 aliphatic heterocycles. The number of amides is 1. The van der Waals surface area contributed by atoms with Crippen LogP contribution in [0, 0.1) is 5.41 Å². The molecule has 1 unspecified atom stereocenters. The standard InChI is InChI=1S/C21H25NO4/c1-14(22-19(23)13-21(2,3)20(24)25)15-9-11-16(12-10-15)17-7-5-6-8-18(17)26-4/h5-12,14H,13H2,1-4H3,(H,22,23)(H,24,25). The van der Waals surface area contributed by atoms with E-state index in [2.05, 4.69) is 5.32 Å². The van der Waals surface area contributed by atoms with Crippen molar-refractivity contribution in [2.24, 2.45) is 5.41 Å². The van der Waals surface area contributed by atoms with Gasteiger partial charge in [0.15, 0.2) is 0 Å². The predicted molar refractivity (Wildman–Crippen MR) is 101 cm³/mol. The molecule has 0 aromatic heterocycles. The average Bonchev–Trinajstić information content (AvgIpc) is 2.61. The van der Waals surface area contributed by atoms with Gasteiger partial charge in [0, 0.05) is 12.0 Å². The van der Waals surface area contributed by atoms with Gasteiger partial charge in [0.25, 0.3) is 0 Å². The maximum atomic E-state index is 12.1. The van der Waals surface area contributed by atoms with Crippen molar-refractivity contribution >= 4 is 11.9 Å². The number of carboxylic acid groups (broad SMARTS) is 1. The molecule has 1 amide bonds. The number of aliphatic carboxylic acids is 1. The minimum absolute atomic E-state index is 0.0635. The molecule has 0 spiro atoms. The minimum Gasteiger partial charge on any atom is -0.496 e. The molecule has 0 fully saturated rings. The second-order valence-electron chi connectivity index (χ2n) is 6.98. The first kappa shape index (κ1) is 19.5. The maximum Gasteiger partial charge on any atom is 0.309 e. The number of nitrogens with one attached hydrogen (secondary N) is 1. The fourth-order valence-corrected chi connectivity index (χ4v) is 2.69. The molecule has 2 aromatic rings. The summed E-state index contributed by atoms with van der Waals surface area (Å²) in [5.74, 6) is -0.460. The van der Waals surface area contributed by atoms with E-state index in [0.29, 0.717) is 0 Å². The highest BCUT2D eigenvalue weighted by Crippen LogP contribution is 2.30. The van der Waals surface area contributed by atoms with Crippen LogP contribution in [-0.4, -0.2) is 24.1 Å². The lowest BCUT2D eigenvalue weighted by Crippen LogP contribution is -2.34. The molecule has 138 valence electrons. The van der Waals surface area contributed by atoms with E-state index in [4.69, 9.17) is 9.84 Å². The number of rotatable bonds is 7. The van der Waals surface area contributed by atoms with Crippen molar-refractivity contribution in [3.8, 4) is 16.9 Å². The SMILES string of the molecule is COc1ccccc1-c1ccc(C(C)NC(=O)CC(C)(C)C(=O)O)cc1. The third-order valence-electron chi connectivity index (χ3n) is 4.39. The molecule has 1 atom stereocenters. The fraction of sp³-hybridized carbons (Fsp3) is 0.333. The van der Waals surface area contributed by atoms with Crippen LogP contribution in [0.25, 0.3) is 11.1 Å². The molecular weight excluding hydrogens is 330 g/mol. The van der Waals surface area contributed by atoms with E-state index in [9.17, 15) is 9.59 Å². The molecule has 2 aromatic carbocycles. The van der Waals surface area contributed by atoms with Gasteiger partial charge in [0.1, 0.15) is 5.75 Å². The van der Waals surface area contributed by atoms with Gasteiger partial charge in [-0.15, -0.1) is 0 Å². The van der Waals surface area contributed by atoms with E-state index < -0.39 is 11.4 Å². The van der Waals surface area contributed by atoms with Crippen molar-refractivity contribution in [3.05, 3.63) is 54.1 Å². The highest BCUT2D eigenvalue weighted by molar-refractivity contribution is 5.84. The third-order valence-corrected chi connectivity index (χ3v) is 4.39. The Morgan fingerprint density at radius 1 is 1.12 bits per heavy atom. The fourth-order valence-electron chi connectivity index (χ4n) is 2.69. The van der Waals surface area contributed by atoms with Crippen LogP contribution in [-0.2, 0) is 9.59 Å². The maximum absolute atomic E-state index is 12.1. The van der Waals surface area contributed by atoms with Gasteiger partial charge in [-0.2, -0.15) is 0 Å². The summed E-state index contributed by atoms with van der Waals surface area (Å²) in [7, 11) is 1.64. The lowest BCUT2D eigenvalue weighted by atomic mass is 9.89. The second-order valence-corrected chi connectivity index (χ2v) is 6.98. The zero-order valence-corrected chi connectivity index (χ0v) is 15.6. The number of benzene rings is 2. The van der Waals surface area contributed by atoms with E-state index in [1.54, 1.807) is 21.0 Å². The smallest absolute Gasteiger partial charge is 0.309 e. The molecule has 0 saturated heterocycles. The molecule has 0 saturated carbocycles. The first-order valence-corrected chi connectivity index (χ1v) is 8.50. The Morgan fingerprint density at radius 2 is 1.73 bits per heavy atom. The van der Waals surface area contributed by atoms with Gasteiger partial charge < -0.3 is 15.2 Å². The monoisotopic (exact) mass is 355 g/mol. The largest absolute Gasteiger partial charge is 0.496 e. The Hall–Kier alpha value is -2.82. The van der Waals surface area contributed by atoms with Gasteiger partial charge in [-0.05, 0) is 38.0 Å². The topological polar surface area (TPSA) is 75.6 Å². The van der Waals surface area contributed by atoms with Crippen molar-refractivity contribution < 1.29 is 19.4 Å². The summed E-state index contributed by atoms with van der Waals surface area (Å²) in [5.41, 5.74) is 1.89. The van der Waals surface area contributed by atoms with Crippen molar-refractivity contribution in [1.29, 1.82) is 0 Å². The summed E-state index contributed by atoms with van der Waals surface area (Å²) in [6, 6.07) is 15.5. The minimum atomic E-state index is -1.09. The highest BCUT2D eigenvalue weighted by atomic mass is 16.5. The Bertz CT molecular complexity index is 781. The number of carbonyl (C=O) groups is 2. The predicted octanol–water partition coefficient (Wildman–Crippen LogP) is 4.04. The lowest BCUT2D eigenvalue weighted by Gasteiger charge is -2.21. The van der Waals surface area contributed by atoms with Crippen LogP contribution < -0.4 is 10.1 Å². The first-order valence-electron chi connectivity index (χ1n) is 8.50. The molecule has 5 heteroatoms. The Balaban J connectivity index is 2.08. The molecule has 0 radical (unpaired) electrons. The zero-order valence-electron chi connectivity index (χ0n) is 15.6. The number of hydrogen-bond donors (Lipinski definition) is 2. The molecule has 0 aliphatic rings. The Labute approximate surface area is 154 Å². The summed E-state index contributed by atoms with van der Waals surface area (Å²) in [4.78, 5) is 23.3. The van der Waals surface area contributed by atoms with Crippen LogP contribution in [0.15, 0.2) is 48.5 Å². The quantitative estimate of drug-likeness (QED) is 0.786. The highest BCUT2D eigenvalue weighted by Gasteiger charge is 2.30. The number of para-hydroxylation sites is 1.